The van der Waals surface area contributed by atoms with Gasteiger partial charge in [-0.25, -0.2) is 4.79 Å². The van der Waals surface area contributed by atoms with Gasteiger partial charge in [0.1, 0.15) is 0 Å². The lowest BCUT2D eigenvalue weighted by Gasteiger charge is -2.07. The fourth-order valence-electron chi connectivity index (χ4n) is 3.25. The van der Waals surface area contributed by atoms with Crippen molar-refractivity contribution in [1.82, 2.24) is 5.48 Å². The molecule has 0 fully saturated rings. The highest BCUT2D eigenvalue weighted by molar-refractivity contribution is 5.90. The van der Waals surface area contributed by atoms with Crippen LogP contribution in [0.2, 0.25) is 0 Å². The number of amides is 1. The van der Waals surface area contributed by atoms with Crippen molar-refractivity contribution in [1.29, 1.82) is 0 Å². The molecule has 144 valence electrons. The minimum absolute atomic E-state index is 0.265. The molecule has 0 aliphatic heterocycles. The predicted molar refractivity (Wildman–Crippen MR) is 111 cm³/mol. The molecule has 0 saturated heterocycles. The number of hydrogen-bond donors (Lipinski definition) is 1. The molecule has 28 heavy (non-hydrogen) atoms. The minimum Gasteiger partial charge on any atom is -0.335 e. The molecule has 0 bridgehead atoms. The first kappa shape index (κ1) is 19.6. The SMILES string of the molecule is O=C(CCCCCCc1cccc2ccccc12)NOC(=O)c1ccccc1. The fourth-order valence-corrected chi connectivity index (χ4v) is 3.25. The van der Waals surface area contributed by atoms with Gasteiger partial charge in [-0.05, 0) is 47.7 Å². The Morgan fingerprint density at radius 2 is 1.46 bits per heavy atom. The van der Waals surface area contributed by atoms with Gasteiger partial charge in [0.05, 0.1) is 5.56 Å². The smallest absolute Gasteiger partial charge is 0.335 e. The zero-order chi connectivity index (χ0) is 19.6. The second kappa shape index (κ2) is 10.3. The van der Waals surface area contributed by atoms with E-state index in [-0.39, 0.29) is 5.91 Å². The van der Waals surface area contributed by atoms with Gasteiger partial charge in [-0.3, -0.25) is 4.79 Å². The summed E-state index contributed by atoms with van der Waals surface area (Å²) >= 11 is 0. The Morgan fingerprint density at radius 3 is 2.32 bits per heavy atom. The standard InChI is InChI=1S/C24H25NO3/c26-23(25-28-24(27)21-13-5-3-6-14-21)18-7-2-1-4-11-19-15-10-16-20-12-8-9-17-22(19)20/h3,5-6,8-10,12-17H,1-2,4,7,11,18H2,(H,25,26). The van der Waals surface area contributed by atoms with Crippen LogP contribution in [0.1, 0.15) is 48.0 Å². The van der Waals surface area contributed by atoms with E-state index in [2.05, 4.69) is 47.9 Å². The van der Waals surface area contributed by atoms with Gasteiger partial charge < -0.3 is 4.84 Å². The lowest BCUT2D eigenvalue weighted by atomic mass is 9.99. The molecule has 0 unspecified atom stereocenters. The Hall–Kier alpha value is -3.14. The third-order valence-electron chi connectivity index (χ3n) is 4.75. The number of rotatable bonds is 8. The predicted octanol–water partition coefficient (Wildman–Crippen LogP) is 5.22. The number of aryl methyl sites for hydroxylation is 1. The first-order valence-electron chi connectivity index (χ1n) is 9.76. The molecule has 0 spiro atoms. The van der Waals surface area contributed by atoms with Crippen LogP contribution in [0.25, 0.3) is 10.8 Å². The van der Waals surface area contributed by atoms with Crippen LogP contribution in [0, 0.1) is 0 Å². The Bertz CT molecular complexity index is 916. The first-order valence-corrected chi connectivity index (χ1v) is 9.76. The maximum absolute atomic E-state index is 11.8. The third kappa shape index (κ3) is 5.68. The van der Waals surface area contributed by atoms with Crippen LogP contribution in [0.15, 0.2) is 72.8 Å². The lowest BCUT2D eigenvalue weighted by Crippen LogP contribution is -2.26. The number of carbonyl (C=O) groups excluding carboxylic acids is 2. The van der Waals surface area contributed by atoms with Crippen LogP contribution in [-0.4, -0.2) is 11.9 Å². The van der Waals surface area contributed by atoms with Gasteiger partial charge >= 0.3 is 5.97 Å². The van der Waals surface area contributed by atoms with E-state index in [0.29, 0.717) is 12.0 Å². The van der Waals surface area contributed by atoms with E-state index in [0.717, 1.165) is 32.1 Å². The second-order valence-electron chi connectivity index (χ2n) is 6.83. The molecule has 3 aromatic rings. The van der Waals surface area contributed by atoms with E-state index < -0.39 is 5.97 Å². The zero-order valence-corrected chi connectivity index (χ0v) is 15.9. The van der Waals surface area contributed by atoms with Crippen LogP contribution in [-0.2, 0) is 16.1 Å². The largest absolute Gasteiger partial charge is 0.362 e. The Balaban J connectivity index is 1.30. The molecular formula is C24H25NO3. The van der Waals surface area contributed by atoms with Crippen molar-refractivity contribution in [2.24, 2.45) is 0 Å². The van der Waals surface area contributed by atoms with Crippen molar-refractivity contribution in [3.63, 3.8) is 0 Å². The number of unbranched alkanes of at least 4 members (excludes halogenated alkanes) is 3. The molecule has 4 nitrogen and oxygen atoms in total. The molecule has 0 aliphatic carbocycles. The van der Waals surface area contributed by atoms with Crippen molar-refractivity contribution < 1.29 is 14.4 Å². The highest BCUT2D eigenvalue weighted by Gasteiger charge is 2.09. The van der Waals surface area contributed by atoms with Gasteiger partial charge in [0.15, 0.2) is 0 Å². The maximum atomic E-state index is 11.8. The van der Waals surface area contributed by atoms with E-state index in [9.17, 15) is 9.59 Å². The summed E-state index contributed by atoms with van der Waals surface area (Å²) in [5.41, 5.74) is 4.02. The van der Waals surface area contributed by atoms with Crippen molar-refractivity contribution in [2.75, 3.05) is 0 Å². The van der Waals surface area contributed by atoms with E-state index >= 15 is 0 Å². The summed E-state index contributed by atoms with van der Waals surface area (Å²) < 4.78 is 0. The number of carbonyl (C=O) groups is 2. The summed E-state index contributed by atoms with van der Waals surface area (Å²) in [6, 6.07) is 23.5. The zero-order valence-electron chi connectivity index (χ0n) is 15.9. The summed E-state index contributed by atoms with van der Waals surface area (Å²) in [7, 11) is 0. The van der Waals surface area contributed by atoms with E-state index in [1.54, 1.807) is 24.3 Å². The van der Waals surface area contributed by atoms with Gasteiger partial charge in [0, 0.05) is 6.42 Å². The van der Waals surface area contributed by atoms with Crippen molar-refractivity contribution in [3.05, 3.63) is 83.9 Å². The molecule has 0 radical (unpaired) electrons. The minimum atomic E-state index is -0.552. The van der Waals surface area contributed by atoms with Gasteiger partial charge in [0.2, 0.25) is 0 Å². The highest BCUT2D eigenvalue weighted by Crippen LogP contribution is 2.20. The quantitative estimate of drug-likeness (QED) is 0.434. The molecule has 0 saturated carbocycles. The molecular weight excluding hydrogens is 350 g/mol. The van der Waals surface area contributed by atoms with Crippen LogP contribution in [0.3, 0.4) is 0 Å². The summed E-state index contributed by atoms with van der Waals surface area (Å²) in [6.45, 7) is 0. The number of hydrogen-bond acceptors (Lipinski definition) is 3. The summed E-state index contributed by atoms with van der Waals surface area (Å²) in [4.78, 5) is 28.4. The molecule has 3 aromatic carbocycles. The van der Waals surface area contributed by atoms with Crippen molar-refractivity contribution >= 4 is 22.6 Å². The monoisotopic (exact) mass is 375 g/mol. The molecule has 0 aromatic heterocycles. The molecule has 1 amide bonds. The number of hydroxylamine groups is 1. The molecule has 0 heterocycles. The van der Waals surface area contributed by atoms with Gasteiger partial charge in [0.25, 0.3) is 5.91 Å². The molecule has 0 atom stereocenters. The van der Waals surface area contributed by atoms with Crippen LogP contribution in [0.4, 0.5) is 0 Å². The average molecular weight is 375 g/mol. The average Bonchev–Trinajstić information content (AvgIpc) is 2.75. The van der Waals surface area contributed by atoms with Gasteiger partial charge in [-0.15, -0.1) is 0 Å². The normalized spacial score (nSPS) is 10.6. The first-order chi connectivity index (χ1) is 13.7. The molecule has 0 aliphatic rings. The third-order valence-corrected chi connectivity index (χ3v) is 4.75. The summed E-state index contributed by atoms with van der Waals surface area (Å²) in [5, 5.41) is 2.60. The molecule has 1 N–H and O–H groups in total. The van der Waals surface area contributed by atoms with Crippen molar-refractivity contribution in [2.45, 2.75) is 38.5 Å². The van der Waals surface area contributed by atoms with Gasteiger partial charge in [-0.1, -0.05) is 73.5 Å². The topological polar surface area (TPSA) is 55.4 Å². The van der Waals surface area contributed by atoms with Crippen LogP contribution in [0.5, 0.6) is 0 Å². The highest BCUT2D eigenvalue weighted by atomic mass is 16.7. The number of nitrogens with one attached hydrogen (secondary N) is 1. The molecule has 3 rings (SSSR count). The summed E-state index contributed by atoms with van der Waals surface area (Å²) in [5.74, 6) is -0.817. The van der Waals surface area contributed by atoms with E-state index in [1.165, 1.54) is 16.3 Å². The second-order valence-corrected chi connectivity index (χ2v) is 6.83. The lowest BCUT2D eigenvalue weighted by molar-refractivity contribution is -0.130. The maximum Gasteiger partial charge on any atom is 0.362 e. The molecule has 4 heteroatoms. The van der Waals surface area contributed by atoms with Crippen LogP contribution >= 0.6 is 0 Å². The Labute approximate surface area is 165 Å². The van der Waals surface area contributed by atoms with Gasteiger partial charge in [-0.2, -0.15) is 5.48 Å². The fraction of sp³-hybridized carbons (Fsp3) is 0.250. The van der Waals surface area contributed by atoms with Crippen LogP contribution < -0.4 is 5.48 Å². The number of fused-ring (bicyclic) bond motifs is 1. The Kier molecular flexibility index (Phi) is 7.19. The number of benzene rings is 3. The van der Waals surface area contributed by atoms with Crippen molar-refractivity contribution in [3.8, 4) is 0 Å². The Morgan fingerprint density at radius 1 is 0.750 bits per heavy atom. The summed E-state index contributed by atoms with van der Waals surface area (Å²) in [6.07, 6.45) is 5.33. The van der Waals surface area contributed by atoms with E-state index in [4.69, 9.17) is 4.84 Å². The van der Waals surface area contributed by atoms with E-state index in [1.807, 2.05) is 6.07 Å².